The summed E-state index contributed by atoms with van der Waals surface area (Å²) in [6.07, 6.45) is 0.863. The lowest BCUT2D eigenvalue weighted by atomic mass is 10.2. The summed E-state index contributed by atoms with van der Waals surface area (Å²) in [5.74, 6) is 3.75. The molecule has 2 aromatic rings. The summed E-state index contributed by atoms with van der Waals surface area (Å²) in [5, 5.41) is 9.77. The predicted molar refractivity (Wildman–Crippen MR) is 89.6 cm³/mol. The fourth-order valence-corrected chi connectivity index (χ4v) is 5.28. The second-order valence-corrected chi connectivity index (χ2v) is 7.63. The maximum Gasteiger partial charge on any atom is 0.335 e. The highest BCUT2D eigenvalue weighted by Crippen LogP contribution is 2.27. The van der Waals surface area contributed by atoms with Crippen molar-refractivity contribution >= 4 is 40.5 Å². The average molecular weight is 322 g/mol. The van der Waals surface area contributed by atoms with Gasteiger partial charge in [0.1, 0.15) is 5.82 Å². The van der Waals surface area contributed by atoms with Gasteiger partial charge in [0.05, 0.1) is 16.6 Å². The lowest BCUT2D eigenvalue weighted by Crippen LogP contribution is -2.21. The number of aromatic carboxylic acids is 1. The van der Waals surface area contributed by atoms with E-state index in [9.17, 15) is 9.90 Å². The van der Waals surface area contributed by atoms with E-state index in [-0.39, 0.29) is 0 Å². The minimum absolute atomic E-state index is 0.331. The number of fused-ring (bicyclic) bond motifs is 1. The van der Waals surface area contributed by atoms with Crippen LogP contribution in [0.5, 0.6) is 0 Å². The van der Waals surface area contributed by atoms with E-state index in [0.29, 0.717) is 10.8 Å². The number of aryl methyl sites for hydroxylation is 1. The standard InChI is InChI=1S/C15H18N2O2S2/c1-2-14-16-12-4-3-10(15(18)19)7-13(12)17(14)8-11-9-20-5-6-21-11/h3-4,7,11H,2,5-6,8-9H2,1H3,(H,18,19). The van der Waals surface area contributed by atoms with Crippen molar-refractivity contribution in [1.82, 2.24) is 9.55 Å². The third-order valence-electron chi connectivity index (χ3n) is 3.66. The molecule has 0 aliphatic carbocycles. The van der Waals surface area contributed by atoms with Gasteiger partial charge in [-0.3, -0.25) is 0 Å². The normalized spacial score (nSPS) is 19.0. The molecule has 1 N–H and O–H groups in total. The summed E-state index contributed by atoms with van der Waals surface area (Å²) < 4.78 is 2.21. The number of rotatable bonds is 4. The van der Waals surface area contributed by atoms with Crippen LogP contribution in [0, 0.1) is 0 Å². The van der Waals surface area contributed by atoms with Crippen molar-refractivity contribution in [2.24, 2.45) is 0 Å². The van der Waals surface area contributed by atoms with Crippen LogP contribution < -0.4 is 0 Å². The van der Waals surface area contributed by atoms with Crippen LogP contribution in [-0.4, -0.2) is 43.1 Å². The molecule has 1 unspecified atom stereocenters. The Morgan fingerprint density at radius 2 is 2.33 bits per heavy atom. The minimum atomic E-state index is -0.884. The van der Waals surface area contributed by atoms with Gasteiger partial charge >= 0.3 is 5.97 Å². The van der Waals surface area contributed by atoms with Crippen LogP contribution in [0.3, 0.4) is 0 Å². The van der Waals surface area contributed by atoms with Crippen LogP contribution >= 0.6 is 23.5 Å². The van der Waals surface area contributed by atoms with Gasteiger partial charge in [0, 0.05) is 35.5 Å². The van der Waals surface area contributed by atoms with Gasteiger partial charge in [0.25, 0.3) is 0 Å². The maximum atomic E-state index is 11.2. The molecule has 1 aliphatic rings. The number of imidazole rings is 1. The maximum absolute atomic E-state index is 11.2. The first-order valence-corrected chi connectivity index (χ1v) is 9.31. The number of aromatic nitrogens is 2. The lowest BCUT2D eigenvalue weighted by Gasteiger charge is -2.22. The summed E-state index contributed by atoms with van der Waals surface area (Å²) in [7, 11) is 0. The van der Waals surface area contributed by atoms with Gasteiger partial charge in [-0.25, -0.2) is 9.78 Å². The molecule has 0 spiro atoms. The Bertz CT molecular complexity index is 663. The molecule has 0 radical (unpaired) electrons. The minimum Gasteiger partial charge on any atom is -0.478 e. The van der Waals surface area contributed by atoms with Crippen molar-refractivity contribution in [3.05, 3.63) is 29.6 Å². The van der Waals surface area contributed by atoms with Crippen molar-refractivity contribution in [1.29, 1.82) is 0 Å². The highest BCUT2D eigenvalue weighted by Gasteiger charge is 2.19. The number of carboxylic acids is 1. The van der Waals surface area contributed by atoms with E-state index in [2.05, 4.69) is 16.5 Å². The molecular weight excluding hydrogens is 304 g/mol. The Morgan fingerprint density at radius 1 is 1.48 bits per heavy atom. The number of carboxylic acid groups (broad SMARTS) is 1. The quantitative estimate of drug-likeness (QED) is 0.937. The monoisotopic (exact) mass is 322 g/mol. The van der Waals surface area contributed by atoms with Gasteiger partial charge in [-0.1, -0.05) is 6.92 Å². The van der Waals surface area contributed by atoms with Gasteiger partial charge in [0.15, 0.2) is 0 Å². The predicted octanol–water partition coefficient (Wildman–Crippen LogP) is 3.15. The zero-order valence-corrected chi connectivity index (χ0v) is 13.5. The number of hydrogen-bond donors (Lipinski definition) is 1. The number of thioether (sulfide) groups is 2. The van der Waals surface area contributed by atoms with Crippen LogP contribution in [0.1, 0.15) is 23.1 Å². The Balaban J connectivity index is 2.00. The zero-order valence-electron chi connectivity index (χ0n) is 11.9. The molecule has 1 aromatic carbocycles. The molecule has 6 heteroatoms. The van der Waals surface area contributed by atoms with E-state index in [0.717, 1.165) is 35.6 Å². The van der Waals surface area contributed by atoms with Crippen LogP contribution in [0.25, 0.3) is 11.0 Å². The molecule has 112 valence electrons. The molecule has 0 saturated carbocycles. The van der Waals surface area contributed by atoms with Gasteiger partial charge in [0.2, 0.25) is 0 Å². The first kappa shape index (κ1) is 14.8. The number of carbonyl (C=O) groups is 1. The Hall–Kier alpha value is -1.14. The van der Waals surface area contributed by atoms with E-state index in [1.165, 1.54) is 11.5 Å². The number of hydrogen-bond acceptors (Lipinski definition) is 4. The van der Waals surface area contributed by atoms with Gasteiger partial charge in [-0.2, -0.15) is 23.5 Å². The van der Waals surface area contributed by atoms with Crippen LogP contribution in [0.4, 0.5) is 0 Å². The van der Waals surface area contributed by atoms with E-state index in [1.54, 1.807) is 12.1 Å². The Labute approximate surface area is 132 Å². The second kappa shape index (κ2) is 6.32. The summed E-state index contributed by atoms with van der Waals surface area (Å²) in [4.78, 5) is 15.8. The zero-order chi connectivity index (χ0) is 14.8. The van der Waals surface area contributed by atoms with E-state index in [1.807, 2.05) is 29.6 Å². The van der Waals surface area contributed by atoms with Crippen molar-refractivity contribution < 1.29 is 9.90 Å². The van der Waals surface area contributed by atoms with Gasteiger partial charge < -0.3 is 9.67 Å². The van der Waals surface area contributed by atoms with Crippen molar-refractivity contribution in [3.63, 3.8) is 0 Å². The fourth-order valence-electron chi connectivity index (χ4n) is 2.62. The Morgan fingerprint density at radius 3 is 3.00 bits per heavy atom. The molecule has 0 bridgehead atoms. The SMILES string of the molecule is CCc1nc2ccc(C(=O)O)cc2n1CC1CSCCS1. The molecule has 0 amide bonds. The molecule has 3 rings (SSSR count). The molecule has 4 nitrogen and oxygen atoms in total. The Kier molecular flexibility index (Phi) is 4.45. The first-order valence-electron chi connectivity index (χ1n) is 7.11. The second-order valence-electron chi connectivity index (χ2n) is 5.07. The molecule has 1 fully saturated rings. The van der Waals surface area contributed by atoms with E-state index in [4.69, 9.17) is 0 Å². The molecule has 2 heterocycles. The smallest absolute Gasteiger partial charge is 0.335 e. The van der Waals surface area contributed by atoms with Crippen molar-refractivity contribution in [3.8, 4) is 0 Å². The largest absolute Gasteiger partial charge is 0.478 e. The van der Waals surface area contributed by atoms with Crippen LogP contribution in [-0.2, 0) is 13.0 Å². The fraction of sp³-hybridized carbons (Fsp3) is 0.467. The molecule has 1 aliphatic heterocycles. The summed E-state index contributed by atoms with van der Waals surface area (Å²) in [6.45, 7) is 3.01. The van der Waals surface area contributed by atoms with Crippen molar-refractivity contribution in [2.75, 3.05) is 17.3 Å². The van der Waals surface area contributed by atoms with Gasteiger partial charge in [-0.15, -0.1) is 0 Å². The molecule has 1 atom stereocenters. The highest BCUT2D eigenvalue weighted by atomic mass is 32.2. The van der Waals surface area contributed by atoms with E-state index < -0.39 is 5.97 Å². The van der Waals surface area contributed by atoms with E-state index >= 15 is 0 Å². The summed E-state index contributed by atoms with van der Waals surface area (Å²) >= 11 is 4.02. The average Bonchev–Trinajstić information content (AvgIpc) is 2.85. The highest BCUT2D eigenvalue weighted by molar-refractivity contribution is 8.06. The van der Waals surface area contributed by atoms with Gasteiger partial charge in [-0.05, 0) is 18.2 Å². The third kappa shape index (κ3) is 3.06. The summed E-state index contributed by atoms with van der Waals surface area (Å²) in [6, 6.07) is 5.20. The van der Waals surface area contributed by atoms with Crippen LogP contribution in [0.15, 0.2) is 18.2 Å². The molecule has 21 heavy (non-hydrogen) atoms. The topological polar surface area (TPSA) is 55.1 Å². The molecular formula is C15H18N2O2S2. The first-order chi connectivity index (χ1) is 10.2. The number of benzene rings is 1. The third-order valence-corrected chi connectivity index (χ3v) is 6.49. The van der Waals surface area contributed by atoms with Crippen LogP contribution in [0.2, 0.25) is 0 Å². The molecule has 1 saturated heterocycles. The summed E-state index contributed by atoms with van der Waals surface area (Å²) in [5.41, 5.74) is 2.17. The van der Waals surface area contributed by atoms with Crippen molar-refractivity contribution in [2.45, 2.75) is 25.1 Å². The lowest BCUT2D eigenvalue weighted by molar-refractivity contribution is 0.0697. The number of nitrogens with zero attached hydrogens (tertiary/aromatic N) is 2. The molecule has 1 aromatic heterocycles.